The normalized spacial score (nSPS) is 11.2. The van der Waals surface area contributed by atoms with E-state index in [1.54, 1.807) is 12.1 Å². The predicted octanol–water partition coefficient (Wildman–Crippen LogP) is 1.53. The van der Waals surface area contributed by atoms with Gasteiger partial charge >= 0.3 is 0 Å². The van der Waals surface area contributed by atoms with Crippen LogP contribution in [-0.2, 0) is 0 Å². The Hall–Kier alpha value is -0.480. The molecule has 60 valence electrons. The summed E-state index contributed by atoms with van der Waals surface area (Å²) in [6.45, 7) is 0. The fourth-order valence-corrected chi connectivity index (χ4v) is 2.06. The second-order valence-corrected chi connectivity index (χ2v) is 4.18. The Balaban J connectivity index is 3.21. The van der Waals surface area contributed by atoms with E-state index in [4.69, 9.17) is 0 Å². The van der Waals surface area contributed by atoms with E-state index in [0.29, 0.717) is 19.4 Å². The van der Waals surface area contributed by atoms with Gasteiger partial charge in [-0.25, -0.2) is 0 Å². The quantitative estimate of drug-likeness (QED) is 0.737. The lowest BCUT2D eigenvalue weighted by Gasteiger charge is -1.73. The largest absolute Gasteiger partial charge is 0.288 e. The molecule has 0 N–H and O–H groups in total. The number of hydrogen-bond donors (Lipinski definition) is 0. The fraction of sp³-hybridized carbons (Fsp3) is 0. The molecule has 4 heteroatoms. The van der Waals surface area contributed by atoms with E-state index in [9.17, 15) is 9.59 Å². The van der Waals surface area contributed by atoms with Gasteiger partial charge in [-0.2, -0.15) is 0 Å². The molecule has 0 unspecified atom stereocenters. The van der Waals surface area contributed by atoms with Gasteiger partial charge in [0.1, 0.15) is 0 Å². The minimum Gasteiger partial charge on any atom is -0.288 e. The Morgan fingerprint density at radius 2 is 1.17 bits per heavy atom. The molecule has 0 radical (unpaired) electrons. The summed E-state index contributed by atoms with van der Waals surface area (Å²) < 4.78 is 0.911. The van der Waals surface area contributed by atoms with Crippen LogP contribution in [0.1, 0.15) is 0 Å². The molecule has 0 heterocycles. The summed E-state index contributed by atoms with van der Waals surface area (Å²) in [5, 5.41) is 0.970. The van der Waals surface area contributed by atoms with Crippen LogP contribution < -0.4 is 10.9 Å². The summed E-state index contributed by atoms with van der Waals surface area (Å²) in [4.78, 5) is 22.6. The molecular formula is C8H2Br2O2. The summed E-state index contributed by atoms with van der Waals surface area (Å²) >= 11 is 6.16. The van der Waals surface area contributed by atoms with Gasteiger partial charge in [-0.15, -0.1) is 0 Å². The Bertz CT molecular complexity index is 525. The molecule has 12 heavy (non-hydrogen) atoms. The molecule has 0 aromatic rings. The van der Waals surface area contributed by atoms with Crippen LogP contribution >= 0.6 is 31.9 Å². The SMILES string of the molecule is O=c1c(Br)cc2c(=O)c(Br)cc1=2. The Morgan fingerprint density at radius 1 is 0.833 bits per heavy atom. The molecule has 0 atom stereocenters. The maximum Gasteiger partial charge on any atom is 0.200 e. The van der Waals surface area contributed by atoms with Gasteiger partial charge in [0, 0.05) is 10.4 Å². The third-order valence-corrected chi connectivity index (χ3v) is 2.93. The summed E-state index contributed by atoms with van der Waals surface area (Å²) in [6.07, 6.45) is 0. The van der Waals surface area contributed by atoms with Crippen molar-refractivity contribution in [3.8, 4) is 0 Å². The molecule has 0 saturated carbocycles. The highest BCUT2D eigenvalue weighted by Gasteiger charge is 2.09. The van der Waals surface area contributed by atoms with E-state index in [2.05, 4.69) is 31.9 Å². The zero-order chi connectivity index (χ0) is 8.88. The van der Waals surface area contributed by atoms with Crippen molar-refractivity contribution in [3.63, 3.8) is 0 Å². The van der Waals surface area contributed by atoms with Crippen LogP contribution in [0.3, 0.4) is 0 Å². The van der Waals surface area contributed by atoms with Crippen molar-refractivity contribution in [2.24, 2.45) is 0 Å². The third-order valence-electron chi connectivity index (χ3n) is 1.76. The van der Waals surface area contributed by atoms with Gasteiger partial charge in [-0.3, -0.25) is 9.59 Å². The second-order valence-electron chi connectivity index (χ2n) is 2.47. The van der Waals surface area contributed by atoms with Gasteiger partial charge < -0.3 is 0 Å². The summed E-state index contributed by atoms with van der Waals surface area (Å²) in [5.41, 5.74) is -0.236. The van der Waals surface area contributed by atoms with Crippen LogP contribution in [0.4, 0.5) is 0 Å². The predicted molar refractivity (Wildman–Crippen MR) is 52.1 cm³/mol. The van der Waals surface area contributed by atoms with Crippen molar-refractivity contribution in [2.75, 3.05) is 0 Å². The number of hydrogen-bond acceptors (Lipinski definition) is 2. The molecular weight excluding hydrogens is 288 g/mol. The van der Waals surface area contributed by atoms with E-state index < -0.39 is 0 Å². The average molecular weight is 290 g/mol. The molecule has 0 aromatic heterocycles. The highest BCUT2D eigenvalue weighted by Crippen LogP contribution is 2.10. The topological polar surface area (TPSA) is 34.1 Å². The molecule has 2 nitrogen and oxygen atoms in total. The van der Waals surface area contributed by atoms with Gasteiger partial charge in [0.05, 0.1) is 8.95 Å². The van der Waals surface area contributed by atoms with Crippen molar-refractivity contribution in [1.82, 2.24) is 0 Å². The van der Waals surface area contributed by atoms with Crippen LogP contribution in [0.15, 0.2) is 30.7 Å². The first-order chi connectivity index (χ1) is 5.61. The zero-order valence-electron chi connectivity index (χ0n) is 5.73. The van der Waals surface area contributed by atoms with Crippen LogP contribution in [0, 0.1) is 10.4 Å². The molecule has 0 aliphatic heterocycles. The maximum absolute atomic E-state index is 11.3. The minimum atomic E-state index is -0.118. The highest BCUT2D eigenvalue weighted by molar-refractivity contribution is 9.10. The summed E-state index contributed by atoms with van der Waals surface area (Å²) in [7, 11) is 0. The van der Waals surface area contributed by atoms with Crippen molar-refractivity contribution in [3.05, 3.63) is 52.0 Å². The van der Waals surface area contributed by atoms with E-state index in [0.717, 1.165) is 0 Å². The Labute approximate surface area is 83.8 Å². The van der Waals surface area contributed by atoms with E-state index in [-0.39, 0.29) is 10.9 Å². The number of halogens is 2. The molecule has 0 amide bonds. The smallest absolute Gasteiger partial charge is 0.200 e. The van der Waals surface area contributed by atoms with Crippen LogP contribution in [0.2, 0.25) is 0 Å². The maximum atomic E-state index is 11.3. The Kier molecular flexibility index (Phi) is 1.70. The molecule has 0 spiro atoms. The molecule has 0 bridgehead atoms. The number of rotatable bonds is 0. The highest BCUT2D eigenvalue weighted by atomic mass is 79.9. The first-order valence-electron chi connectivity index (χ1n) is 3.19. The van der Waals surface area contributed by atoms with Gasteiger partial charge in [0.15, 0.2) is 0 Å². The van der Waals surface area contributed by atoms with Crippen LogP contribution in [0.5, 0.6) is 0 Å². The second kappa shape index (κ2) is 2.50. The molecule has 0 aromatic carbocycles. The van der Waals surface area contributed by atoms with Crippen LogP contribution in [0.25, 0.3) is 0 Å². The first-order valence-corrected chi connectivity index (χ1v) is 4.78. The van der Waals surface area contributed by atoms with Gasteiger partial charge in [-0.1, -0.05) is 0 Å². The average Bonchev–Trinajstić information content (AvgIpc) is 2.43. The zero-order valence-corrected chi connectivity index (χ0v) is 8.90. The molecule has 2 aliphatic rings. The molecule has 0 saturated heterocycles. The van der Waals surface area contributed by atoms with E-state index in [1.165, 1.54) is 0 Å². The first kappa shape index (κ1) is 8.13. The van der Waals surface area contributed by atoms with Crippen LogP contribution in [-0.4, -0.2) is 0 Å². The third kappa shape index (κ3) is 0.912. The Morgan fingerprint density at radius 3 is 1.50 bits per heavy atom. The summed E-state index contributed by atoms with van der Waals surface area (Å²) in [5.74, 6) is 0. The van der Waals surface area contributed by atoms with E-state index >= 15 is 0 Å². The molecule has 2 rings (SSSR count). The molecule has 0 fully saturated rings. The van der Waals surface area contributed by atoms with Crippen molar-refractivity contribution in [1.29, 1.82) is 0 Å². The minimum absolute atomic E-state index is 0.118. The summed E-state index contributed by atoms with van der Waals surface area (Å²) in [6, 6.07) is 3.12. The van der Waals surface area contributed by atoms with Gasteiger partial charge in [0.2, 0.25) is 10.9 Å². The van der Waals surface area contributed by atoms with Gasteiger partial charge in [0.25, 0.3) is 0 Å². The standard InChI is InChI=1S/C8H2Br2O2/c9-5-1-3-4(8(5)12)2-6(10)7(3)11/h1-2H. The monoisotopic (exact) mass is 288 g/mol. The lowest BCUT2D eigenvalue weighted by molar-refractivity contribution is 1.57. The fourth-order valence-electron chi connectivity index (χ4n) is 1.17. The molecule has 2 aliphatic carbocycles. The van der Waals surface area contributed by atoms with Crippen molar-refractivity contribution < 1.29 is 0 Å². The van der Waals surface area contributed by atoms with Crippen molar-refractivity contribution in [2.45, 2.75) is 0 Å². The lowest BCUT2D eigenvalue weighted by Crippen LogP contribution is -1.95. The van der Waals surface area contributed by atoms with E-state index in [1.807, 2.05) is 0 Å². The van der Waals surface area contributed by atoms with Crippen molar-refractivity contribution >= 4 is 31.9 Å². The van der Waals surface area contributed by atoms with Gasteiger partial charge in [-0.05, 0) is 44.0 Å². The lowest BCUT2D eigenvalue weighted by atomic mass is 10.4.